The van der Waals surface area contributed by atoms with Crippen LogP contribution in [0.1, 0.15) is 18.3 Å². The second-order valence-corrected chi connectivity index (χ2v) is 5.22. The normalized spacial score (nSPS) is 17.3. The number of aromatic nitrogens is 3. The molecule has 1 unspecified atom stereocenters. The molecule has 8 nitrogen and oxygen atoms in total. The van der Waals surface area contributed by atoms with E-state index in [9.17, 15) is 4.79 Å². The summed E-state index contributed by atoms with van der Waals surface area (Å²) >= 11 is 0. The van der Waals surface area contributed by atoms with Gasteiger partial charge in [0.2, 0.25) is 5.95 Å². The van der Waals surface area contributed by atoms with Crippen LogP contribution in [-0.2, 0) is 13.1 Å². The van der Waals surface area contributed by atoms with Gasteiger partial charge in [-0.2, -0.15) is 4.98 Å². The van der Waals surface area contributed by atoms with Crippen LogP contribution in [0.2, 0.25) is 0 Å². The third-order valence-electron chi connectivity index (χ3n) is 3.38. The largest absolute Gasteiger partial charge is 0.489 e. The number of hydrogen-bond acceptors (Lipinski definition) is 5. The van der Waals surface area contributed by atoms with Gasteiger partial charge in [-0.3, -0.25) is 5.10 Å². The summed E-state index contributed by atoms with van der Waals surface area (Å²) in [4.78, 5) is 18.0. The minimum atomic E-state index is -0.179. The Kier molecular flexibility index (Phi) is 3.82. The number of fused-ring (bicyclic) bond motifs is 1. The fourth-order valence-corrected chi connectivity index (χ4v) is 2.40. The lowest BCUT2D eigenvalue weighted by molar-refractivity contribution is 0.158. The lowest BCUT2D eigenvalue weighted by Gasteiger charge is -2.22. The van der Waals surface area contributed by atoms with Crippen LogP contribution < -0.4 is 15.8 Å². The average Bonchev–Trinajstić information content (AvgIpc) is 2.83. The van der Waals surface area contributed by atoms with E-state index in [2.05, 4.69) is 20.5 Å². The molecule has 0 bridgehead atoms. The van der Waals surface area contributed by atoms with E-state index < -0.39 is 0 Å². The molecule has 2 heterocycles. The SMILES string of the molecule is CC1CN(C(=O)NCc2nc(N)n[nH]2)Cc2ccccc2O1. The van der Waals surface area contributed by atoms with Crippen LogP contribution in [0.15, 0.2) is 24.3 Å². The highest BCUT2D eigenvalue weighted by Crippen LogP contribution is 2.24. The summed E-state index contributed by atoms with van der Waals surface area (Å²) in [7, 11) is 0. The molecule has 3 rings (SSSR count). The zero-order valence-electron chi connectivity index (χ0n) is 12.2. The summed E-state index contributed by atoms with van der Waals surface area (Å²) in [6.07, 6.45) is -0.0738. The van der Waals surface area contributed by atoms with Gasteiger partial charge in [-0.15, -0.1) is 5.10 Å². The molecule has 0 spiro atoms. The van der Waals surface area contributed by atoms with Crippen molar-refractivity contribution in [2.45, 2.75) is 26.1 Å². The molecule has 1 aliphatic rings. The Morgan fingerprint density at radius 1 is 1.55 bits per heavy atom. The zero-order valence-corrected chi connectivity index (χ0v) is 12.2. The first-order chi connectivity index (χ1) is 10.6. The number of nitrogens with one attached hydrogen (secondary N) is 2. The number of nitrogen functional groups attached to an aromatic ring is 1. The van der Waals surface area contributed by atoms with Crippen molar-refractivity contribution in [2.75, 3.05) is 12.3 Å². The number of anilines is 1. The second-order valence-electron chi connectivity index (χ2n) is 5.22. The molecule has 0 aliphatic carbocycles. The van der Waals surface area contributed by atoms with Crippen molar-refractivity contribution in [3.05, 3.63) is 35.7 Å². The van der Waals surface area contributed by atoms with E-state index in [1.165, 1.54) is 0 Å². The molecule has 116 valence electrons. The van der Waals surface area contributed by atoms with Gasteiger partial charge in [-0.25, -0.2) is 4.79 Å². The highest BCUT2D eigenvalue weighted by molar-refractivity contribution is 5.74. The Morgan fingerprint density at radius 2 is 2.36 bits per heavy atom. The fourth-order valence-electron chi connectivity index (χ4n) is 2.40. The van der Waals surface area contributed by atoms with E-state index in [-0.39, 0.29) is 24.6 Å². The highest BCUT2D eigenvalue weighted by atomic mass is 16.5. The van der Waals surface area contributed by atoms with Crippen LogP contribution in [0.3, 0.4) is 0 Å². The zero-order chi connectivity index (χ0) is 15.5. The molecule has 0 radical (unpaired) electrons. The van der Waals surface area contributed by atoms with E-state index in [1.807, 2.05) is 31.2 Å². The first kappa shape index (κ1) is 14.2. The number of carbonyl (C=O) groups is 1. The van der Waals surface area contributed by atoms with Crippen molar-refractivity contribution >= 4 is 12.0 Å². The Hall–Kier alpha value is -2.77. The molecule has 2 amide bonds. The number of benzene rings is 1. The molecule has 2 aromatic rings. The van der Waals surface area contributed by atoms with E-state index in [0.29, 0.717) is 18.9 Å². The van der Waals surface area contributed by atoms with Gasteiger partial charge in [0.15, 0.2) is 0 Å². The number of amides is 2. The van der Waals surface area contributed by atoms with Gasteiger partial charge >= 0.3 is 6.03 Å². The van der Waals surface area contributed by atoms with Crippen LogP contribution in [0.25, 0.3) is 0 Å². The molecule has 0 fully saturated rings. The molecule has 4 N–H and O–H groups in total. The number of carbonyl (C=O) groups excluding carboxylic acids is 1. The Balaban J connectivity index is 1.67. The van der Waals surface area contributed by atoms with E-state index in [1.54, 1.807) is 4.90 Å². The number of nitrogens with zero attached hydrogens (tertiary/aromatic N) is 3. The second kappa shape index (κ2) is 5.92. The summed E-state index contributed by atoms with van der Waals surface area (Å²) in [5.41, 5.74) is 6.42. The Bertz CT molecular complexity index is 671. The van der Waals surface area contributed by atoms with Gasteiger partial charge in [0.05, 0.1) is 19.6 Å². The average molecular weight is 302 g/mol. The number of aromatic amines is 1. The maximum atomic E-state index is 12.4. The molecule has 1 aromatic carbocycles. The molecule has 1 aromatic heterocycles. The smallest absolute Gasteiger partial charge is 0.318 e. The van der Waals surface area contributed by atoms with Gasteiger partial charge < -0.3 is 20.7 Å². The molecule has 0 saturated carbocycles. The van der Waals surface area contributed by atoms with Crippen LogP contribution in [-0.4, -0.2) is 38.8 Å². The van der Waals surface area contributed by atoms with Crippen LogP contribution in [0.4, 0.5) is 10.7 Å². The van der Waals surface area contributed by atoms with Crippen molar-refractivity contribution in [3.63, 3.8) is 0 Å². The highest BCUT2D eigenvalue weighted by Gasteiger charge is 2.23. The molecule has 0 saturated heterocycles. The van der Waals surface area contributed by atoms with Gasteiger partial charge in [0.1, 0.15) is 17.7 Å². The molecular formula is C14H18N6O2. The first-order valence-corrected chi connectivity index (χ1v) is 7.06. The van der Waals surface area contributed by atoms with Gasteiger partial charge in [-0.05, 0) is 13.0 Å². The Morgan fingerprint density at radius 3 is 3.14 bits per heavy atom. The maximum absolute atomic E-state index is 12.4. The van der Waals surface area contributed by atoms with E-state index in [4.69, 9.17) is 10.5 Å². The number of urea groups is 1. The minimum absolute atomic E-state index is 0.0738. The molecule has 8 heteroatoms. The van der Waals surface area contributed by atoms with Crippen molar-refractivity contribution in [1.82, 2.24) is 25.4 Å². The van der Waals surface area contributed by atoms with E-state index >= 15 is 0 Å². The molecule has 1 aliphatic heterocycles. The number of rotatable bonds is 2. The Labute approximate surface area is 127 Å². The number of H-pyrrole nitrogens is 1. The van der Waals surface area contributed by atoms with Crippen molar-refractivity contribution in [1.29, 1.82) is 0 Å². The molecular weight excluding hydrogens is 284 g/mol. The number of para-hydroxylation sites is 1. The molecule has 1 atom stereocenters. The maximum Gasteiger partial charge on any atom is 0.318 e. The van der Waals surface area contributed by atoms with Gasteiger partial charge in [0, 0.05) is 5.56 Å². The van der Waals surface area contributed by atoms with Crippen molar-refractivity contribution < 1.29 is 9.53 Å². The van der Waals surface area contributed by atoms with Gasteiger partial charge in [0.25, 0.3) is 0 Å². The van der Waals surface area contributed by atoms with Crippen molar-refractivity contribution in [3.8, 4) is 5.75 Å². The lowest BCUT2D eigenvalue weighted by Crippen LogP contribution is -2.42. The molecule has 22 heavy (non-hydrogen) atoms. The standard InChI is InChI=1S/C14H18N6O2/c1-9-7-20(8-10-4-2-3-5-11(10)22-9)14(21)16-6-12-17-13(15)19-18-12/h2-5,9H,6-8H2,1H3,(H,16,21)(H3,15,17,18,19). The summed E-state index contributed by atoms with van der Waals surface area (Å²) in [6, 6.07) is 7.57. The lowest BCUT2D eigenvalue weighted by atomic mass is 10.2. The predicted octanol–water partition coefficient (Wildman–Crippen LogP) is 0.880. The first-order valence-electron chi connectivity index (χ1n) is 7.06. The number of ether oxygens (including phenoxy) is 1. The fraction of sp³-hybridized carbons (Fsp3) is 0.357. The minimum Gasteiger partial charge on any atom is -0.489 e. The summed E-state index contributed by atoms with van der Waals surface area (Å²) < 4.78 is 5.84. The van der Waals surface area contributed by atoms with Crippen LogP contribution >= 0.6 is 0 Å². The van der Waals surface area contributed by atoms with Crippen LogP contribution in [0, 0.1) is 0 Å². The van der Waals surface area contributed by atoms with Crippen molar-refractivity contribution in [2.24, 2.45) is 0 Å². The summed E-state index contributed by atoms with van der Waals surface area (Å²) in [5.74, 6) is 1.51. The third-order valence-corrected chi connectivity index (χ3v) is 3.38. The third kappa shape index (κ3) is 3.11. The summed E-state index contributed by atoms with van der Waals surface area (Å²) in [5, 5.41) is 9.18. The quantitative estimate of drug-likeness (QED) is 0.763. The van der Waals surface area contributed by atoms with Gasteiger partial charge in [-0.1, -0.05) is 18.2 Å². The van der Waals surface area contributed by atoms with Crippen LogP contribution in [0.5, 0.6) is 5.75 Å². The van der Waals surface area contributed by atoms with E-state index in [0.717, 1.165) is 11.3 Å². The predicted molar refractivity (Wildman–Crippen MR) is 80.0 cm³/mol. The number of hydrogen-bond donors (Lipinski definition) is 3. The number of nitrogens with two attached hydrogens (primary N) is 1. The topological polar surface area (TPSA) is 109 Å². The monoisotopic (exact) mass is 302 g/mol. The summed E-state index contributed by atoms with van der Waals surface area (Å²) in [6.45, 7) is 3.21.